The van der Waals surface area contributed by atoms with Crippen LogP contribution in [0, 0.1) is 5.82 Å². The van der Waals surface area contributed by atoms with Gasteiger partial charge >= 0.3 is 12.1 Å². The molecule has 1 rings (SSSR count). The molecule has 1 unspecified atom stereocenters. The first-order valence-electron chi connectivity index (χ1n) is 6.18. The van der Waals surface area contributed by atoms with Crippen LogP contribution in [0.4, 0.5) is 17.6 Å². The van der Waals surface area contributed by atoms with Crippen molar-refractivity contribution in [1.29, 1.82) is 0 Å². The quantitative estimate of drug-likeness (QED) is 0.498. The summed E-state index contributed by atoms with van der Waals surface area (Å²) in [6.07, 6.45) is -3.27. The highest BCUT2D eigenvalue weighted by molar-refractivity contribution is 5.77. The summed E-state index contributed by atoms with van der Waals surface area (Å²) >= 11 is 0. The van der Waals surface area contributed by atoms with Crippen LogP contribution in [0.1, 0.15) is 24.1 Å². The third kappa shape index (κ3) is 4.86. The van der Waals surface area contributed by atoms with Gasteiger partial charge in [-0.05, 0) is 30.7 Å². The first-order valence-corrected chi connectivity index (χ1v) is 6.18. The number of rotatable bonds is 6. The molecule has 0 spiro atoms. The van der Waals surface area contributed by atoms with Gasteiger partial charge in [-0.2, -0.15) is 13.2 Å². The molecule has 116 valence electrons. The summed E-state index contributed by atoms with van der Waals surface area (Å²) in [5.74, 6) is -1.85. The molecule has 1 aromatic carbocycles. The van der Waals surface area contributed by atoms with Crippen LogP contribution in [0.5, 0.6) is 0 Å². The van der Waals surface area contributed by atoms with Gasteiger partial charge in [0.2, 0.25) is 0 Å². The van der Waals surface area contributed by atoms with E-state index in [-0.39, 0.29) is 18.7 Å². The zero-order valence-electron chi connectivity index (χ0n) is 11.3. The van der Waals surface area contributed by atoms with E-state index in [1.165, 1.54) is 6.08 Å². The normalized spacial score (nSPS) is 12.8. The average molecular weight is 305 g/mol. The number of esters is 1. The molecule has 0 heterocycles. The Morgan fingerprint density at radius 2 is 2.10 bits per heavy atom. The van der Waals surface area contributed by atoms with Crippen molar-refractivity contribution in [2.75, 3.05) is 13.2 Å². The summed E-state index contributed by atoms with van der Waals surface area (Å²) in [7, 11) is 0. The van der Waals surface area contributed by atoms with Crippen LogP contribution in [0.2, 0.25) is 0 Å². The van der Waals surface area contributed by atoms with Gasteiger partial charge in [0.25, 0.3) is 0 Å². The van der Waals surface area contributed by atoms with Gasteiger partial charge in [0.1, 0.15) is 11.9 Å². The summed E-state index contributed by atoms with van der Waals surface area (Å²) in [6.45, 7) is 5.22. The van der Waals surface area contributed by atoms with E-state index in [1.807, 2.05) is 0 Å². The van der Waals surface area contributed by atoms with Crippen molar-refractivity contribution in [3.63, 3.8) is 0 Å². The lowest BCUT2D eigenvalue weighted by molar-refractivity contribution is -0.146. The van der Waals surface area contributed by atoms with Gasteiger partial charge in [-0.1, -0.05) is 6.08 Å². The van der Waals surface area contributed by atoms with Crippen LogP contribution in [-0.2, 0) is 15.7 Å². The Bertz CT molecular complexity index is 514. The van der Waals surface area contributed by atoms with Gasteiger partial charge in [-0.3, -0.25) is 5.32 Å². The Morgan fingerprint density at radius 3 is 2.62 bits per heavy atom. The molecule has 0 bridgehead atoms. The van der Waals surface area contributed by atoms with E-state index in [9.17, 15) is 22.4 Å². The zero-order chi connectivity index (χ0) is 16.0. The predicted octanol–water partition coefficient (Wildman–Crippen LogP) is 3.22. The number of hydrogen-bond acceptors (Lipinski definition) is 3. The minimum atomic E-state index is -4.70. The molecule has 7 heteroatoms. The standard InChI is InChI=1S/C14H15F4NO2/c1-3-5-19-12(13(20)21-4-2)9-6-10(14(16,17)18)8-11(15)7-9/h3,6-8,12,19H,1,4-5H2,2H3. The lowest BCUT2D eigenvalue weighted by atomic mass is 10.0. The molecule has 1 N–H and O–H groups in total. The lowest BCUT2D eigenvalue weighted by Crippen LogP contribution is -2.30. The smallest absolute Gasteiger partial charge is 0.416 e. The number of benzene rings is 1. The monoisotopic (exact) mass is 305 g/mol. The fourth-order valence-electron chi connectivity index (χ4n) is 1.71. The Balaban J connectivity index is 3.20. The lowest BCUT2D eigenvalue weighted by Gasteiger charge is -2.18. The van der Waals surface area contributed by atoms with Crippen LogP contribution >= 0.6 is 0 Å². The van der Waals surface area contributed by atoms with Gasteiger partial charge in [0, 0.05) is 6.54 Å². The van der Waals surface area contributed by atoms with Crippen molar-refractivity contribution in [2.45, 2.75) is 19.1 Å². The van der Waals surface area contributed by atoms with Gasteiger partial charge in [0.15, 0.2) is 0 Å². The molecule has 0 saturated carbocycles. The van der Waals surface area contributed by atoms with Gasteiger partial charge in [-0.25, -0.2) is 9.18 Å². The van der Waals surface area contributed by atoms with Gasteiger partial charge in [0.05, 0.1) is 12.2 Å². The molecule has 0 fully saturated rings. The summed E-state index contributed by atoms with van der Waals surface area (Å²) in [6, 6.07) is 0.770. The molecule has 1 atom stereocenters. The highest BCUT2D eigenvalue weighted by Gasteiger charge is 2.33. The maximum atomic E-state index is 13.4. The largest absolute Gasteiger partial charge is 0.465 e. The minimum absolute atomic E-state index is 0.0620. The first-order chi connectivity index (χ1) is 9.79. The number of nitrogens with one attached hydrogen (secondary N) is 1. The number of hydrogen-bond donors (Lipinski definition) is 1. The third-order valence-electron chi connectivity index (χ3n) is 2.57. The fraction of sp³-hybridized carbons (Fsp3) is 0.357. The predicted molar refractivity (Wildman–Crippen MR) is 69.0 cm³/mol. The highest BCUT2D eigenvalue weighted by atomic mass is 19.4. The van der Waals surface area contributed by atoms with Gasteiger partial charge < -0.3 is 4.74 Å². The second-order valence-corrected chi connectivity index (χ2v) is 4.15. The molecule has 0 amide bonds. The van der Waals surface area contributed by atoms with E-state index in [0.29, 0.717) is 6.07 Å². The molecular formula is C14H15F4NO2. The Labute approximate surface area is 119 Å². The van der Waals surface area contributed by atoms with Crippen LogP contribution in [0.3, 0.4) is 0 Å². The van der Waals surface area contributed by atoms with Crippen LogP contribution in [-0.4, -0.2) is 19.1 Å². The Kier molecular flexibility index (Phi) is 5.90. The van der Waals surface area contributed by atoms with E-state index in [4.69, 9.17) is 4.74 Å². The molecular weight excluding hydrogens is 290 g/mol. The van der Waals surface area contributed by atoms with E-state index in [1.54, 1.807) is 6.92 Å². The van der Waals surface area contributed by atoms with E-state index in [0.717, 1.165) is 12.1 Å². The third-order valence-corrected chi connectivity index (χ3v) is 2.57. The topological polar surface area (TPSA) is 38.3 Å². The van der Waals surface area contributed by atoms with Crippen molar-refractivity contribution in [3.8, 4) is 0 Å². The average Bonchev–Trinajstić information content (AvgIpc) is 2.38. The molecule has 0 aliphatic carbocycles. The second-order valence-electron chi connectivity index (χ2n) is 4.15. The molecule has 0 aromatic heterocycles. The van der Waals surface area contributed by atoms with Crippen molar-refractivity contribution in [3.05, 3.63) is 47.8 Å². The maximum Gasteiger partial charge on any atom is 0.416 e. The van der Waals surface area contributed by atoms with Crippen LogP contribution < -0.4 is 5.32 Å². The van der Waals surface area contributed by atoms with Crippen LogP contribution in [0.15, 0.2) is 30.9 Å². The molecule has 0 radical (unpaired) electrons. The maximum absolute atomic E-state index is 13.4. The fourth-order valence-corrected chi connectivity index (χ4v) is 1.71. The minimum Gasteiger partial charge on any atom is -0.465 e. The molecule has 0 aliphatic heterocycles. The van der Waals surface area contributed by atoms with Crippen molar-refractivity contribution >= 4 is 5.97 Å². The molecule has 1 aromatic rings. The number of alkyl halides is 3. The second kappa shape index (κ2) is 7.21. The summed E-state index contributed by atoms with van der Waals surface area (Å²) in [5, 5.41) is 2.65. The molecule has 3 nitrogen and oxygen atoms in total. The van der Waals surface area contributed by atoms with E-state index < -0.39 is 29.6 Å². The Morgan fingerprint density at radius 1 is 1.43 bits per heavy atom. The molecule has 0 aliphatic rings. The Hall–Kier alpha value is -1.89. The van der Waals surface area contributed by atoms with Gasteiger partial charge in [-0.15, -0.1) is 6.58 Å². The molecule has 0 saturated heterocycles. The van der Waals surface area contributed by atoms with Crippen LogP contribution in [0.25, 0.3) is 0 Å². The number of carbonyl (C=O) groups excluding carboxylic acids is 1. The van der Waals surface area contributed by atoms with Crippen molar-refractivity contribution in [2.24, 2.45) is 0 Å². The zero-order valence-corrected chi connectivity index (χ0v) is 11.3. The summed E-state index contributed by atoms with van der Waals surface area (Å²) in [4.78, 5) is 11.8. The summed E-state index contributed by atoms with van der Waals surface area (Å²) < 4.78 is 56.3. The van der Waals surface area contributed by atoms with E-state index >= 15 is 0 Å². The number of ether oxygens (including phenoxy) is 1. The van der Waals surface area contributed by atoms with Crippen molar-refractivity contribution < 1.29 is 27.1 Å². The first kappa shape index (κ1) is 17.2. The summed E-state index contributed by atoms with van der Waals surface area (Å²) in [5.41, 5.74) is -1.31. The number of carbonyl (C=O) groups is 1. The molecule has 21 heavy (non-hydrogen) atoms. The van der Waals surface area contributed by atoms with E-state index in [2.05, 4.69) is 11.9 Å². The SMILES string of the molecule is C=CCNC(C(=O)OCC)c1cc(F)cc(C(F)(F)F)c1. The van der Waals surface area contributed by atoms with Crippen molar-refractivity contribution in [1.82, 2.24) is 5.32 Å². The number of halogens is 4. The highest BCUT2D eigenvalue weighted by Crippen LogP contribution is 2.32.